The van der Waals surface area contributed by atoms with Gasteiger partial charge in [-0.05, 0) is 40.0 Å². The van der Waals surface area contributed by atoms with Crippen molar-refractivity contribution in [2.45, 2.75) is 19.1 Å². The van der Waals surface area contributed by atoms with Crippen LogP contribution >= 0.6 is 27.3 Å². The van der Waals surface area contributed by atoms with Gasteiger partial charge in [0.25, 0.3) is 0 Å². The minimum atomic E-state index is -1.06. The molecule has 5 nitrogen and oxygen atoms in total. The maximum atomic E-state index is 9.71. The van der Waals surface area contributed by atoms with Gasteiger partial charge in [0.05, 0.1) is 16.4 Å². The first-order valence-electron chi connectivity index (χ1n) is 4.19. The zero-order valence-corrected chi connectivity index (χ0v) is 10.4. The lowest BCUT2D eigenvalue weighted by Gasteiger charge is -2.13. The molecule has 1 aromatic rings. The van der Waals surface area contributed by atoms with E-state index in [0.29, 0.717) is 4.88 Å². The Morgan fingerprint density at radius 3 is 2.80 bits per heavy atom. The molecular weight excluding hydrogens is 282 g/mol. The number of aliphatic hydroxyl groups is 2. The van der Waals surface area contributed by atoms with Crippen LogP contribution in [0.25, 0.3) is 10.4 Å². The van der Waals surface area contributed by atoms with E-state index in [1.165, 1.54) is 11.3 Å². The lowest BCUT2D eigenvalue weighted by molar-refractivity contribution is 0.0266. The predicted molar refractivity (Wildman–Crippen MR) is 61.7 cm³/mol. The summed E-state index contributed by atoms with van der Waals surface area (Å²) < 4.78 is 0.924. The Morgan fingerprint density at radius 1 is 1.67 bits per heavy atom. The van der Waals surface area contributed by atoms with Crippen LogP contribution in [0.5, 0.6) is 0 Å². The Balaban J connectivity index is 2.75. The fraction of sp³-hybridized carbons (Fsp3) is 0.500. The summed E-state index contributed by atoms with van der Waals surface area (Å²) in [4.78, 5) is 3.18. The van der Waals surface area contributed by atoms with Crippen LogP contribution in [0.15, 0.2) is 15.0 Å². The molecule has 1 rings (SSSR count). The molecule has 15 heavy (non-hydrogen) atoms. The molecule has 82 valence electrons. The predicted octanol–water partition coefficient (Wildman–Crippen LogP) is 2.52. The number of hydrogen-bond acceptors (Lipinski definition) is 4. The first kappa shape index (κ1) is 12.5. The van der Waals surface area contributed by atoms with E-state index >= 15 is 0 Å². The number of rotatable bonds is 4. The van der Waals surface area contributed by atoms with Crippen molar-refractivity contribution >= 4 is 27.3 Å². The lowest BCUT2D eigenvalue weighted by Crippen LogP contribution is -2.20. The van der Waals surface area contributed by atoms with Crippen molar-refractivity contribution in [3.05, 3.63) is 30.7 Å². The molecule has 0 bridgehead atoms. The van der Waals surface area contributed by atoms with Gasteiger partial charge in [0.2, 0.25) is 0 Å². The smallest absolute Gasteiger partial charge is 0.114 e. The zero-order valence-electron chi connectivity index (χ0n) is 7.96. The summed E-state index contributed by atoms with van der Waals surface area (Å²) in [5, 5.41) is 22.4. The molecule has 0 aliphatic heterocycles. The number of aliphatic hydroxyl groups excluding tert-OH is 2. The summed E-state index contributed by atoms with van der Waals surface area (Å²) >= 11 is 4.69. The van der Waals surface area contributed by atoms with Gasteiger partial charge in [0.15, 0.2) is 0 Å². The van der Waals surface area contributed by atoms with Gasteiger partial charge in [-0.2, -0.15) is 0 Å². The molecule has 2 atom stereocenters. The molecule has 7 heteroatoms. The summed E-state index contributed by atoms with van der Waals surface area (Å²) in [5.41, 5.74) is 9.08. The molecule has 0 amide bonds. The van der Waals surface area contributed by atoms with Gasteiger partial charge < -0.3 is 10.2 Å². The second-order valence-corrected chi connectivity index (χ2v) is 5.43. The largest absolute Gasteiger partial charge is 0.390 e. The Kier molecular flexibility index (Phi) is 4.56. The van der Waals surface area contributed by atoms with Crippen LogP contribution < -0.4 is 0 Å². The standard InChI is InChI=1S/C8H10BrN3O2S/c1-4-2-6(15-8(4)9)7(14)5(13)3-11-12-10/h2,5,7,13-14H,3H2,1H3. The molecule has 1 aromatic heterocycles. The second kappa shape index (κ2) is 5.48. The number of halogens is 1. The van der Waals surface area contributed by atoms with E-state index in [1.54, 1.807) is 6.07 Å². The Bertz CT molecular complexity index is 370. The molecule has 0 spiro atoms. The van der Waals surface area contributed by atoms with Crippen molar-refractivity contribution in [2.75, 3.05) is 6.54 Å². The Morgan fingerprint density at radius 2 is 2.33 bits per heavy atom. The van der Waals surface area contributed by atoms with Gasteiger partial charge in [-0.1, -0.05) is 5.11 Å². The topological polar surface area (TPSA) is 89.2 Å². The van der Waals surface area contributed by atoms with Crippen LogP contribution in [0.2, 0.25) is 0 Å². The maximum absolute atomic E-state index is 9.71. The molecular formula is C8H10BrN3O2S. The summed E-state index contributed by atoms with van der Waals surface area (Å²) in [6, 6.07) is 1.79. The third-order valence-corrected chi connectivity index (χ3v) is 4.07. The highest BCUT2D eigenvalue weighted by Crippen LogP contribution is 2.32. The Labute approximate surface area is 99.1 Å². The first-order valence-corrected chi connectivity index (χ1v) is 5.80. The first-order chi connectivity index (χ1) is 7.06. The lowest BCUT2D eigenvalue weighted by atomic mass is 10.1. The number of nitrogens with zero attached hydrogens (tertiary/aromatic N) is 3. The zero-order chi connectivity index (χ0) is 11.4. The molecule has 0 radical (unpaired) electrons. The van der Waals surface area contributed by atoms with Crippen molar-refractivity contribution in [3.8, 4) is 0 Å². The average molecular weight is 292 g/mol. The summed E-state index contributed by atoms with van der Waals surface area (Å²) in [5.74, 6) is 0. The molecule has 0 aliphatic carbocycles. The molecule has 2 unspecified atom stereocenters. The van der Waals surface area contributed by atoms with E-state index in [1.807, 2.05) is 6.92 Å². The highest BCUT2D eigenvalue weighted by Gasteiger charge is 2.20. The van der Waals surface area contributed by atoms with E-state index in [9.17, 15) is 10.2 Å². The highest BCUT2D eigenvalue weighted by atomic mass is 79.9. The minimum Gasteiger partial charge on any atom is -0.390 e. The van der Waals surface area contributed by atoms with Crippen LogP contribution in [0.4, 0.5) is 0 Å². The normalized spacial score (nSPS) is 14.4. The van der Waals surface area contributed by atoms with Crippen molar-refractivity contribution in [1.29, 1.82) is 0 Å². The van der Waals surface area contributed by atoms with E-state index < -0.39 is 12.2 Å². The van der Waals surface area contributed by atoms with Crippen LogP contribution in [-0.4, -0.2) is 22.9 Å². The van der Waals surface area contributed by atoms with Gasteiger partial charge in [-0.3, -0.25) is 0 Å². The molecule has 1 heterocycles. The molecule has 2 N–H and O–H groups in total. The summed E-state index contributed by atoms with van der Waals surface area (Å²) in [7, 11) is 0. The van der Waals surface area contributed by atoms with Crippen LogP contribution in [0.1, 0.15) is 16.5 Å². The van der Waals surface area contributed by atoms with Gasteiger partial charge in [0, 0.05) is 9.79 Å². The fourth-order valence-corrected chi connectivity index (χ4v) is 2.65. The van der Waals surface area contributed by atoms with Crippen molar-refractivity contribution in [3.63, 3.8) is 0 Å². The summed E-state index contributed by atoms with van der Waals surface area (Å²) in [6.45, 7) is 1.77. The SMILES string of the molecule is Cc1cc(C(O)C(O)CN=[N+]=[N-])sc1Br. The molecule has 0 fully saturated rings. The minimum absolute atomic E-state index is 0.133. The molecule has 0 aliphatic rings. The van der Waals surface area contributed by atoms with E-state index in [-0.39, 0.29) is 6.54 Å². The van der Waals surface area contributed by atoms with Gasteiger partial charge in [0.1, 0.15) is 6.10 Å². The van der Waals surface area contributed by atoms with E-state index in [4.69, 9.17) is 5.53 Å². The monoisotopic (exact) mass is 291 g/mol. The molecule has 0 saturated heterocycles. The number of hydrogen-bond donors (Lipinski definition) is 2. The summed E-state index contributed by atoms with van der Waals surface area (Å²) in [6.07, 6.45) is -2.07. The number of thiophene rings is 1. The maximum Gasteiger partial charge on any atom is 0.114 e. The third-order valence-electron chi connectivity index (χ3n) is 1.86. The Hall–Kier alpha value is -0.590. The molecule has 0 aromatic carbocycles. The quantitative estimate of drug-likeness (QED) is 0.507. The van der Waals surface area contributed by atoms with E-state index in [2.05, 4.69) is 26.0 Å². The van der Waals surface area contributed by atoms with Gasteiger partial charge in [-0.25, -0.2) is 0 Å². The van der Waals surface area contributed by atoms with Crippen molar-refractivity contribution in [1.82, 2.24) is 0 Å². The van der Waals surface area contributed by atoms with Crippen LogP contribution in [-0.2, 0) is 0 Å². The average Bonchev–Trinajstić information content (AvgIpc) is 2.54. The van der Waals surface area contributed by atoms with Crippen LogP contribution in [0, 0.1) is 6.92 Å². The second-order valence-electron chi connectivity index (χ2n) is 3.03. The molecule has 0 saturated carbocycles. The van der Waals surface area contributed by atoms with E-state index in [0.717, 1.165) is 9.35 Å². The fourth-order valence-electron chi connectivity index (χ4n) is 1.04. The highest BCUT2D eigenvalue weighted by molar-refractivity contribution is 9.11. The third kappa shape index (κ3) is 3.19. The van der Waals surface area contributed by atoms with Gasteiger partial charge >= 0.3 is 0 Å². The van der Waals surface area contributed by atoms with Gasteiger partial charge in [-0.15, -0.1) is 11.3 Å². The number of aryl methyl sites for hydroxylation is 1. The van der Waals surface area contributed by atoms with Crippen molar-refractivity contribution in [2.24, 2.45) is 5.11 Å². The van der Waals surface area contributed by atoms with Crippen LogP contribution in [0.3, 0.4) is 0 Å². The van der Waals surface area contributed by atoms with Crippen molar-refractivity contribution < 1.29 is 10.2 Å². The number of azide groups is 1.